The summed E-state index contributed by atoms with van der Waals surface area (Å²) in [6.07, 6.45) is 9.17. The molecule has 3 aromatic rings. The number of fused-ring (bicyclic) bond motifs is 1. The number of rotatable bonds is 6. The zero-order valence-corrected chi connectivity index (χ0v) is 29.1. The first-order chi connectivity index (χ1) is 20.2. The van der Waals surface area contributed by atoms with Crippen LogP contribution in [0.1, 0.15) is 136 Å². The Bertz CT molecular complexity index is 1450. The molecule has 5 rings (SSSR count). The smallest absolute Gasteiger partial charge is 0.251 e. The van der Waals surface area contributed by atoms with Crippen molar-refractivity contribution < 1.29 is 0 Å². The second-order valence-electron chi connectivity index (χ2n) is 14.3. The molecule has 0 atom stereocenters. The quantitative estimate of drug-likeness (QED) is 0.285. The lowest BCUT2D eigenvalue weighted by molar-refractivity contribution is 0.575. The van der Waals surface area contributed by atoms with Crippen molar-refractivity contribution in [3.63, 3.8) is 0 Å². The minimum absolute atomic E-state index is 0.0983. The van der Waals surface area contributed by atoms with Crippen molar-refractivity contribution in [2.24, 2.45) is 11.8 Å². The van der Waals surface area contributed by atoms with E-state index in [1.165, 1.54) is 34.7 Å². The number of aromatic nitrogens is 1. The van der Waals surface area contributed by atoms with Crippen LogP contribution in [-0.2, 0) is 0 Å². The molecule has 0 bridgehead atoms. The molecule has 0 saturated carbocycles. The number of pyridine rings is 1. The van der Waals surface area contributed by atoms with Crippen LogP contribution in [0.4, 0.5) is 0 Å². The summed E-state index contributed by atoms with van der Waals surface area (Å²) in [5.74, 6) is 3.07. The number of allylic oxidation sites excluding steroid dienone is 6. The van der Waals surface area contributed by atoms with Crippen molar-refractivity contribution in [1.29, 1.82) is 0 Å². The number of hydrogen-bond acceptors (Lipinski definition) is 1. The minimum Gasteiger partial charge on any atom is -0.313 e. The van der Waals surface area contributed by atoms with E-state index in [0.29, 0.717) is 17.8 Å². The Labute approximate surface area is 262 Å². The maximum absolute atomic E-state index is 11.5. The third kappa shape index (κ3) is 9.18. The molecule has 2 nitrogen and oxygen atoms in total. The Morgan fingerprint density at radius 2 is 0.907 bits per heavy atom. The van der Waals surface area contributed by atoms with Gasteiger partial charge in [-0.3, -0.25) is 4.79 Å². The fourth-order valence-electron chi connectivity index (χ4n) is 5.54. The molecule has 1 heterocycles. The van der Waals surface area contributed by atoms with E-state index in [2.05, 4.69) is 118 Å². The summed E-state index contributed by atoms with van der Waals surface area (Å²) in [7, 11) is 0. The molecule has 0 N–H and O–H groups in total. The van der Waals surface area contributed by atoms with Crippen LogP contribution < -0.4 is 5.56 Å². The lowest BCUT2D eigenvalue weighted by Gasteiger charge is -2.11. The highest BCUT2D eigenvalue weighted by molar-refractivity contribution is 5.84. The van der Waals surface area contributed by atoms with E-state index in [9.17, 15) is 4.79 Å². The maximum atomic E-state index is 11.5. The van der Waals surface area contributed by atoms with Gasteiger partial charge in [0.15, 0.2) is 0 Å². The molecule has 2 heteroatoms. The van der Waals surface area contributed by atoms with Crippen LogP contribution in [0.2, 0.25) is 0 Å². The van der Waals surface area contributed by atoms with Gasteiger partial charge in [0, 0.05) is 18.3 Å². The summed E-state index contributed by atoms with van der Waals surface area (Å²) in [5, 5.41) is 2.71. The summed E-state index contributed by atoms with van der Waals surface area (Å²) in [5.41, 5.74) is 10.5. The molecule has 0 unspecified atom stereocenters. The average Bonchev–Trinajstić information content (AvgIpc) is 3.53. The van der Waals surface area contributed by atoms with E-state index in [1.807, 2.05) is 26.1 Å². The molecule has 0 amide bonds. The molecule has 0 fully saturated rings. The summed E-state index contributed by atoms with van der Waals surface area (Å²) < 4.78 is 1.74. The third-order valence-electron chi connectivity index (χ3n) is 8.82. The summed E-state index contributed by atoms with van der Waals surface area (Å²) in [6, 6.07) is 17.6. The zero-order chi connectivity index (χ0) is 32.0. The van der Waals surface area contributed by atoms with Gasteiger partial charge < -0.3 is 4.57 Å². The molecule has 0 spiro atoms. The summed E-state index contributed by atoms with van der Waals surface area (Å²) in [4.78, 5) is 11.5. The fourth-order valence-corrected chi connectivity index (χ4v) is 5.54. The van der Waals surface area contributed by atoms with Crippen molar-refractivity contribution in [2.45, 2.75) is 120 Å². The topological polar surface area (TPSA) is 22.0 Å². The van der Waals surface area contributed by atoms with Crippen LogP contribution in [0.25, 0.3) is 10.8 Å². The molecular formula is C41H57NO. The van der Waals surface area contributed by atoms with E-state index in [-0.39, 0.29) is 11.6 Å². The normalized spacial score (nSPS) is 14.5. The third-order valence-corrected chi connectivity index (χ3v) is 8.82. The molecule has 1 aromatic heterocycles. The first-order valence-corrected chi connectivity index (χ1v) is 16.6. The molecular weight excluding hydrogens is 522 g/mol. The van der Waals surface area contributed by atoms with Crippen molar-refractivity contribution in [3.05, 3.63) is 116 Å². The highest BCUT2D eigenvalue weighted by Crippen LogP contribution is 2.40. The van der Waals surface area contributed by atoms with Gasteiger partial charge in [-0.25, -0.2) is 0 Å². The van der Waals surface area contributed by atoms with Crippen molar-refractivity contribution in [1.82, 2.24) is 4.57 Å². The molecule has 0 saturated heterocycles. The van der Waals surface area contributed by atoms with Crippen LogP contribution in [0.5, 0.6) is 0 Å². The van der Waals surface area contributed by atoms with Gasteiger partial charge in [-0.2, -0.15) is 0 Å². The van der Waals surface area contributed by atoms with Crippen LogP contribution in [-0.4, -0.2) is 4.57 Å². The Morgan fingerprint density at radius 1 is 0.512 bits per heavy atom. The standard InChI is InChI=1S/C16H20.C14H20.C11H17NO/c1-11(2)13-5-7-16-10-14(12(3)4)6-8-15(16)9-13;1-9(2)11-5-13-7-12(10(3)4)8-14(13)6-11;1-8(2)10-5-6-12(9(3)4)11(13)7-10/h5-12H,1-4H3;5,8-10H,6-7H2,1-4H3;5-9H,1-4H3. The van der Waals surface area contributed by atoms with Gasteiger partial charge in [0.25, 0.3) is 5.56 Å². The van der Waals surface area contributed by atoms with Crippen molar-refractivity contribution in [3.8, 4) is 0 Å². The fraction of sp³-hybridized carbons (Fsp3) is 0.488. The predicted molar refractivity (Wildman–Crippen MR) is 189 cm³/mol. The van der Waals surface area contributed by atoms with E-state index < -0.39 is 0 Å². The van der Waals surface area contributed by atoms with Gasteiger partial charge in [0.1, 0.15) is 0 Å². The molecule has 2 aliphatic rings. The lowest BCUT2D eigenvalue weighted by Crippen LogP contribution is -2.20. The Kier molecular flexibility index (Phi) is 12.0. The van der Waals surface area contributed by atoms with E-state index in [1.54, 1.807) is 32.9 Å². The number of benzene rings is 2. The van der Waals surface area contributed by atoms with Crippen LogP contribution in [0.3, 0.4) is 0 Å². The second-order valence-corrected chi connectivity index (χ2v) is 14.3. The largest absolute Gasteiger partial charge is 0.313 e. The lowest BCUT2D eigenvalue weighted by atomic mass is 9.96. The number of hydrogen-bond donors (Lipinski definition) is 0. The SMILES string of the molecule is CC(C)C1=CC2=C(C=C(C(C)C)C2)C1.CC(C)c1ccc2cc(C(C)C)ccc2c1.CC(C)c1ccn(C(C)C)c(=O)c1. The van der Waals surface area contributed by atoms with E-state index in [0.717, 1.165) is 17.4 Å². The van der Waals surface area contributed by atoms with E-state index >= 15 is 0 Å². The Morgan fingerprint density at radius 3 is 1.23 bits per heavy atom. The molecule has 43 heavy (non-hydrogen) atoms. The Hall–Kier alpha value is -3.13. The first kappa shape index (κ1) is 34.4. The van der Waals surface area contributed by atoms with Crippen molar-refractivity contribution in [2.75, 3.05) is 0 Å². The maximum Gasteiger partial charge on any atom is 0.251 e. The molecule has 2 aliphatic carbocycles. The van der Waals surface area contributed by atoms with Gasteiger partial charge in [-0.15, -0.1) is 0 Å². The highest BCUT2D eigenvalue weighted by Gasteiger charge is 2.23. The van der Waals surface area contributed by atoms with Gasteiger partial charge in [-0.05, 0) is 101 Å². The van der Waals surface area contributed by atoms with Gasteiger partial charge in [-0.1, -0.05) is 129 Å². The van der Waals surface area contributed by atoms with Crippen LogP contribution in [0.15, 0.2) is 94.0 Å². The minimum atomic E-state index is 0.0983. The average molecular weight is 580 g/mol. The van der Waals surface area contributed by atoms with Gasteiger partial charge >= 0.3 is 0 Å². The van der Waals surface area contributed by atoms with E-state index in [4.69, 9.17) is 0 Å². The van der Waals surface area contributed by atoms with Crippen LogP contribution >= 0.6 is 0 Å². The second kappa shape index (κ2) is 15.0. The highest BCUT2D eigenvalue weighted by atomic mass is 16.1. The van der Waals surface area contributed by atoms with Gasteiger partial charge in [0.05, 0.1) is 0 Å². The monoisotopic (exact) mass is 579 g/mol. The van der Waals surface area contributed by atoms with Crippen molar-refractivity contribution >= 4 is 10.8 Å². The number of nitrogens with zero attached hydrogens (tertiary/aromatic N) is 1. The summed E-state index contributed by atoms with van der Waals surface area (Å²) >= 11 is 0. The zero-order valence-electron chi connectivity index (χ0n) is 29.1. The van der Waals surface area contributed by atoms with Gasteiger partial charge in [0.2, 0.25) is 0 Å². The summed E-state index contributed by atoms with van der Waals surface area (Å²) in [6.45, 7) is 26.3. The first-order valence-electron chi connectivity index (χ1n) is 16.6. The molecule has 2 aromatic carbocycles. The molecule has 0 radical (unpaired) electrons. The molecule has 232 valence electrons. The molecule has 0 aliphatic heterocycles. The van der Waals surface area contributed by atoms with Crippen LogP contribution in [0, 0.1) is 11.8 Å². The predicted octanol–water partition coefficient (Wildman–Crippen LogP) is 11.9. The Balaban J connectivity index is 0.000000178.